The molecule has 0 saturated carbocycles. The van der Waals surface area contributed by atoms with E-state index in [1.807, 2.05) is 0 Å². The molecule has 7 nitrogen and oxygen atoms in total. The molecule has 0 radical (unpaired) electrons. The molecule has 0 unspecified atom stereocenters. The molecule has 138 valence electrons. The SMILES string of the molecule is C=C(OC)c1c(N2CCOCC2)sc(N2CCOCC2)c1C(=O)CO. The van der Waals surface area contributed by atoms with E-state index in [1.54, 1.807) is 18.4 Å². The monoisotopic (exact) mass is 368 g/mol. The van der Waals surface area contributed by atoms with E-state index < -0.39 is 6.61 Å². The second kappa shape index (κ2) is 8.18. The maximum absolute atomic E-state index is 12.6. The lowest BCUT2D eigenvalue weighted by molar-refractivity contribution is 0.0902. The number of carbonyl (C=O) groups is 1. The second-order valence-corrected chi connectivity index (χ2v) is 6.85. The van der Waals surface area contributed by atoms with Crippen molar-refractivity contribution in [3.63, 3.8) is 0 Å². The zero-order chi connectivity index (χ0) is 17.8. The van der Waals surface area contributed by atoms with Crippen molar-refractivity contribution in [1.29, 1.82) is 0 Å². The van der Waals surface area contributed by atoms with Crippen LogP contribution in [0.2, 0.25) is 0 Å². The van der Waals surface area contributed by atoms with Gasteiger partial charge >= 0.3 is 0 Å². The van der Waals surface area contributed by atoms with Gasteiger partial charge in [-0.1, -0.05) is 17.9 Å². The number of nitrogens with zero attached hydrogens (tertiary/aromatic N) is 2. The van der Waals surface area contributed by atoms with Gasteiger partial charge in [-0.3, -0.25) is 4.79 Å². The standard InChI is InChI=1S/C17H24N2O5S/c1-12(22-2)14-15(13(21)11-20)17(19-5-9-24-10-6-19)25-16(14)18-3-7-23-8-4-18/h20H,1,3-11H2,2H3. The van der Waals surface area contributed by atoms with Crippen molar-refractivity contribution in [2.75, 3.05) is 76.1 Å². The summed E-state index contributed by atoms with van der Waals surface area (Å²) in [4.78, 5) is 16.9. The number of anilines is 2. The number of hydrogen-bond acceptors (Lipinski definition) is 8. The minimum Gasteiger partial charge on any atom is -0.497 e. The van der Waals surface area contributed by atoms with Gasteiger partial charge in [0.2, 0.25) is 0 Å². The van der Waals surface area contributed by atoms with Gasteiger partial charge in [-0.05, 0) is 0 Å². The number of hydrogen-bond donors (Lipinski definition) is 1. The molecule has 1 aromatic heterocycles. The van der Waals surface area contributed by atoms with Crippen LogP contribution in [0, 0.1) is 0 Å². The highest BCUT2D eigenvalue weighted by Crippen LogP contribution is 2.45. The molecule has 0 bridgehead atoms. The Morgan fingerprint density at radius 2 is 1.56 bits per heavy atom. The van der Waals surface area contributed by atoms with Gasteiger partial charge < -0.3 is 29.1 Å². The lowest BCUT2D eigenvalue weighted by Crippen LogP contribution is -2.36. The molecule has 0 spiro atoms. The van der Waals surface area contributed by atoms with Crippen molar-refractivity contribution in [3.8, 4) is 0 Å². The molecule has 2 aliphatic heterocycles. The van der Waals surface area contributed by atoms with Crippen molar-refractivity contribution in [3.05, 3.63) is 17.7 Å². The van der Waals surface area contributed by atoms with E-state index in [9.17, 15) is 9.90 Å². The third kappa shape index (κ3) is 3.67. The van der Waals surface area contributed by atoms with Gasteiger partial charge in [-0.15, -0.1) is 0 Å². The van der Waals surface area contributed by atoms with Crippen LogP contribution in [-0.4, -0.2) is 77.2 Å². The smallest absolute Gasteiger partial charge is 0.191 e. The molecule has 0 aromatic carbocycles. The van der Waals surface area contributed by atoms with Crippen molar-refractivity contribution >= 4 is 32.9 Å². The Hall–Kier alpha value is -1.61. The molecule has 2 fully saturated rings. The van der Waals surface area contributed by atoms with Crippen LogP contribution < -0.4 is 9.80 Å². The Balaban J connectivity index is 2.10. The summed E-state index contributed by atoms with van der Waals surface area (Å²) in [7, 11) is 1.55. The molecule has 3 heterocycles. The van der Waals surface area contributed by atoms with E-state index in [0.29, 0.717) is 56.4 Å². The summed E-state index contributed by atoms with van der Waals surface area (Å²) in [5.41, 5.74) is 1.19. The van der Waals surface area contributed by atoms with Crippen molar-refractivity contribution in [2.24, 2.45) is 0 Å². The van der Waals surface area contributed by atoms with Gasteiger partial charge in [0.05, 0.1) is 44.7 Å². The summed E-state index contributed by atoms with van der Waals surface area (Å²) in [6.45, 7) is 8.91. The Bertz CT molecular complexity index is 581. The molecule has 25 heavy (non-hydrogen) atoms. The highest BCUT2D eigenvalue weighted by atomic mass is 32.1. The number of methoxy groups -OCH3 is 1. The first-order chi connectivity index (χ1) is 12.2. The Labute approximate surface area is 151 Å². The third-order valence-corrected chi connectivity index (χ3v) is 5.73. The summed E-state index contributed by atoms with van der Waals surface area (Å²) in [6, 6.07) is 0. The molecule has 3 rings (SSSR count). The minimum atomic E-state index is -0.541. The summed E-state index contributed by atoms with van der Waals surface area (Å²) in [5.74, 6) is 0.125. The molecule has 0 aliphatic carbocycles. The molecule has 1 N–H and O–H groups in total. The minimum absolute atomic E-state index is 0.314. The normalized spacial score (nSPS) is 18.3. The van der Waals surface area contributed by atoms with E-state index >= 15 is 0 Å². The molecular weight excluding hydrogens is 344 g/mol. The third-order valence-electron chi connectivity index (χ3n) is 4.42. The average molecular weight is 368 g/mol. The number of carbonyl (C=O) groups excluding carboxylic acids is 1. The van der Waals surface area contributed by atoms with Crippen LogP contribution in [-0.2, 0) is 14.2 Å². The zero-order valence-corrected chi connectivity index (χ0v) is 15.3. The molecule has 0 amide bonds. The van der Waals surface area contributed by atoms with E-state index in [-0.39, 0.29) is 5.78 Å². The maximum Gasteiger partial charge on any atom is 0.191 e. The van der Waals surface area contributed by atoms with Crippen LogP contribution in [0.3, 0.4) is 0 Å². The maximum atomic E-state index is 12.6. The Morgan fingerprint density at radius 3 is 2.00 bits per heavy atom. The van der Waals surface area contributed by atoms with Crippen LogP contribution in [0.1, 0.15) is 15.9 Å². The second-order valence-electron chi connectivity index (χ2n) is 5.87. The Kier molecular flexibility index (Phi) is 5.95. The number of morpholine rings is 2. The van der Waals surface area contributed by atoms with Crippen LogP contribution in [0.25, 0.3) is 5.76 Å². The van der Waals surface area contributed by atoms with Gasteiger partial charge in [0.15, 0.2) is 5.78 Å². The molecule has 2 aliphatic rings. The van der Waals surface area contributed by atoms with E-state index in [0.717, 1.165) is 23.1 Å². The molecular formula is C17H24N2O5S. The summed E-state index contributed by atoms with van der Waals surface area (Å²) < 4.78 is 16.3. The van der Waals surface area contributed by atoms with E-state index in [2.05, 4.69) is 16.4 Å². The first kappa shape index (κ1) is 18.2. The fourth-order valence-electron chi connectivity index (χ4n) is 3.08. The fourth-order valence-corrected chi connectivity index (χ4v) is 4.53. The van der Waals surface area contributed by atoms with Gasteiger partial charge in [0, 0.05) is 26.2 Å². The predicted molar refractivity (Wildman–Crippen MR) is 97.8 cm³/mol. The van der Waals surface area contributed by atoms with Gasteiger partial charge in [-0.2, -0.15) is 0 Å². The molecule has 1 aromatic rings. The van der Waals surface area contributed by atoms with Gasteiger partial charge in [-0.25, -0.2) is 0 Å². The number of thiophene rings is 1. The lowest BCUT2D eigenvalue weighted by Gasteiger charge is -2.29. The number of ether oxygens (including phenoxy) is 3. The quantitative estimate of drug-likeness (QED) is 0.598. The van der Waals surface area contributed by atoms with Crippen LogP contribution in [0.5, 0.6) is 0 Å². The van der Waals surface area contributed by atoms with Crippen molar-refractivity contribution in [2.45, 2.75) is 0 Å². The van der Waals surface area contributed by atoms with Crippen molar-refractivity contribution in [1.82, 2.24) is 0 Å². The molecule has 8 heteroatoms. The van der Waals surface area contributed by atoms with Crippen LogP contribution in [0.15, 0.2) is 6.58 Å². The topological polar surface area (TPSA) is 71.5 Å². The molecule has 2 saturated heterocycles. The first-order valence-corrected chi connectivity index (χ1v) is 9.18. The highest BCUT2D eigenvalue weighted by molar-refractivity contribution is 7.20. The number of aliphatic hydroxyl groups excluding tert-OH is 1. The highest BCUT2D eigenvalue weighted by Gasteiger charge is 2.31. The fraction of sp³-hybridized carbons (Fsp3) is 0.588. The van der Waals surface area contributed by atoms with Gasteiger partial charge in [0.1, 0.15) is 22.4 Å². The molecule has 0 atom stereocenters. The first-order valence-electron chi connectivity index (χ1n) is 8.36. The largest absolute Gasteiger partial charge is 0.497 e. The number of Topliss-reactive ketones (excluding diaryl/α,β-unsaturated/α-hetero) is 1. The van der Waals surface area contributed by atoms with Crippen LogP contribution >= 0.6 is 11.3 Å². The number of ketones is 1. The van der Waals surface area contributed by atoms with Crippen molar-refractivity contribution < 1.29 is 24.1 Å². The van der Waals surface area contributed by atoms with Crippen LogP contribution in [0.4, 0.5) is 10.0 Å². The number of aliphatic hydroxyl groups is 1. The predicted octanol–water partition coefficient (Wildman–Crippen LogP) is 1.21. The lowest BCUT2D eigenvalue weighted by atomic mass is 10.1. The van der Waals surface area contributed by atoms with E-state index in [1.165, 1.54) is 0 Å². The summed E-state index contributed by atoms with van der Waals surface area (Å²) in [5, 5.41) is 11.3. The summed E-state index contributed by atoms with van der Waals surface area (Å²) in [6.07, 6.45) is 0. The number of rotatable bonds is 6. The average Bonchev–Trinajstić information content (AvgIpc) is 3.08. The van der Waals surface area contributed by atoms with E-state index in [4.69, 9.17) is 14.2 Å². The zero-order valence-electron chi connectivity index (χ0n) is 14.5. The Morgan fingerprint density at radius 1 is 1.08 bits per heavy atom. The summed E-state index contributed by atoms with van der Waals surface area (Å²) >= 11 is 1.55. The van der Waals surface area contributed by atoms with Gasteiger partial charge in [0.25, 0.3) is 0 Å².